The summed E-state index contributed by atoms with van der Waals surface area (Å²) in [5.74, 6) is -0.00276. The van der Waals surface area contributed by atoms with Crippen molar-refractivity contribution in [1.82, 2.24) is 9.88 Å². The fourth-order valence-corrected chi connectivity index (χ4v) is 1.12. The van der Waals surface area contributed by atoms with Gasteiger partial charge in [-0.15, -0.1) is 0 Å². The number of aryl methyl sites for hydroxylation is 1. The van der Waals surface area contributed by atoms with Crippen LogP contribution in [0.4, 0.5) is 0 Å². The van der Waals surface area contributed by atoms with E-state index in [0.717, 1.165) is 0 Å². The molecule has 1 heterocycles. The summed E-state index contributed by atoms with van der Waals surface area (Å²) in [5.41, 5.74) is 0.634. The van der Waals surface area contributed by atoms with Gasteiger partial charge in [-0.05, 0) is 18.1 Å². The monoisotopic (exact) mass is 196 g/mol. The molecule has 0 bridgehead atoms. The van der Waals surface area contributed by atoms with Gasteiger partial charge in [0.05, 0.1) is 0 Å². The maximum atomic E-state index is 11.5. The van der Waals surface area contributed by atoms with Crippen molar-refractivity contribution in [3.8, 4) is 0 Å². The molecule has 0 aliphatic heterocycles. The Bertz CT molecular complexity index is 307. The molecule has 0 spiro atoms. The third kappa shape index (κ3) is 2.60. The van der Waals surface area contributed by atoms with E-state index in [2.05, 4.69) is 5.32 Å². The number of nitrogens with one attached hydrogen (secondary N) is 1. The van der Waals surface area contributed by atoms with E-state index >= 15 is 0 Å². The molecule has 1 aromatic heterocycles. The van der Waals surface area contributed by atoms with Crippen LogP contribution < -0.4 is 5.32 Å². The van der Waals surface area contributed by atoms with Gasteiger partial charge in [0.25, 0.3) is 5.91 Å². The molecule has 0 radical (unpaired) electrons. The highest BCUT2D eigenvalue weighted by Gasteiger charge is 2.09. The molecule has 0 saturated heterocycles. The van der Waals surface area contributed by atoms with Crippen LogP contribution in [0.25, 0.3) is 0 Å². The zero-order valence-electron chi connectivity index (χ0n) is 8.53. The second kappa shape index (κ2) is 4.81. The number of hydrogen-bond donors (Lipinski definition) is 2. The van der Waals surface area contributed by atoms with Crippen molar-refractivity contribution in [2.24, 2.45) is 13.0 Å². The number of amides is 1. The van der Waals surface area contributed by atoms with Crippen LogP contribution in [-0.4, -0.2) is 28.7 Å². The first-order valence-electron chi connectivity index (χ1n) is 4.65. The molecule has 0 aromatic carbocycles. The number of aliphatic hydroxyl groups is 1. The molecule has 1 rings (SSSR count). The van der Waals surface area contributed by atoms with Crippen LogP contribution >= 0.6 is 0 Å². The fourth-order valence-electron chi connectivity index (χ4n) is 1.12. The van der Waals surface area contributed by atoms with E-state index in [1.807, 2.05) is 26.2 Å². The minimum atomic E-state index is -0.0993. The topological polar surface area (TPSA) is 54.3 Å². The number of aliphatic hydroxyl groups excluding tert-OH is 1. The lowest BCUT2D eigenvalue weighted by molar-refractivity contribution is 0.0934. The molecular formula is C10H16N2O2. The Balaban J connectivity index is 2.47. The van der Waals surface area contributed by atoms with E-state index in [9.17, 15) is 4.79 Å². The third-order valence-corrected chi connectivity index (χ3v) is 2.10. The normalized spacial score (nSPS) is 12.5. The number of rotatable bonds is 4. The SMILES string of the molecule is CC(CO)CNC(=O)c1cccn1C. The molecule has 14 heavy (non-hydrogen) atoms. The molecule has 0 aliphatic rings. The Morgan fingerprint density at radius 3 is 2.93 bits per heavy atom. The van der Waals surface area contributed by atoms with Crippen LogP contribution in [0.2, 0.25) is 0 Å². The number of hydrogen-bond acceptors (Lipinski definition) is 2. The van der Waals surface area contributed by atoms with Crippen LogP contribution in [0.1, 0.15) is 17.4 Å². The van der Waals surface area contributed by atoms with Crippen molar-refractivity contribution < 1.29 is 9.90 Å². The highest BCUT2D eigenvalue weighted by atomic mass is 16.3. The Kier molecular flexibility index (Phi) is 3.71. The second-order valence-electron chi connectivity index (χ2n) is 3.50. The van der Waals surface area contributed by atoms with Gasteiger partial charge in [0, 0.05) is 26.4 Å². The highest BCUT2D eigenvalue weighted by molar-refractivity contribution is 5.92. The van der Waals surface area contributed by atoms with Crippen molar-refractivity contribution in [3.63, 3.8) is 0 Å². The molecule has 1 amide bonds. The van der Waals surface area contributed by atoms with Crippen LogP contribution in [0.5, 0.6) is 0 Å². The number of carbonyl (C=O) groups excluding carboxylic acids is 1. The van der Waals surface area contributed by atoms with Gasteiger partial charge in [-0.1, -0.05) is 6.92 Å². The summed E-state index contributed by atoms with van der Waals surface area (Å²) in [6.07, 6.45) is 1.82. The Morgan fingerprint density at radius 2 is 2.43 bits per heavy atom. The zero-order valence-corrected chi connectivity index (χ0v) is 8.53. The molecule has 1 atom stereocenters. The van der Waals surface area contributed by atoms with E-state index in [4.69, 9.17) is 5.11 Å². The molecule has 0 fully saturated rings. The van der Waals surface area contributed by atoms with E-state index in [1.165, 1.54) is 0 Å². The predicted molar refractivity (Wildman–Crippen MR) is 54.0 cm³/mol. The molecule has 78 valence electrons. The number of carbonyl (C=O) groups is 1. The van der Waals surface area contributed by atoms with Gasteiger partial charge in [-0.3, -0.25) is 4.79 Å². The van der Waals surface area contributed by atoms with Crippen molar-refractivity contribution in [2.75, 3.05) is 13.2 Å². The summed E-state index contributed by atoms with van der Waals surface area (Å²) >= 11 is 0. The number of nitrogens with zero attached hydrogens (tertiary/aromatic N) is 1. The standard InChI is InChI=1S/C10H16N2O2/c1-8(7-13)6-11-10(14)9-4-3-5-12(9)2/h3-5,8,13H,6-7H2,1-2H3,(H,11,14). The van der Waals surface area contributed by atoms with Gasteiger partial charge in [0.1, 0.15) is 5.69 Å². The van der Waals surface area contributed by atoms with E-state index in [-0.39, 0.29) is 18.4 Å². The first kappa shape index (κ1) is 10.8. The van der Waals surface area contributed by atoms with Gasteiger partial charge in [0.15, 0.2) is 0 Å². The van der Waals surface area contributed by atoms with Crippen LogP contribution in [0.3, 0.4) is 0 Å². The van der Waals surface area contributed by atoms with Crippen LogP contribution in [0.15, 0.2) is 18.3 Å². The summed E-state index contributed by atoms with van der Waals surface area (Å²) in [5, 5.41) is 11.5. The largest absolute Gasteiger partial charge is 0.396 e. The van der Waals surface area contributed by atoms with Gasteiger partial charge in [-0.2, -0.15) is 0 Å². The smallest absolute Gasteiger partial charge is 0.267 e. The van der Waals surface area contributed by atoms with Crippen LogP contribution in [-0.2, 0) is 7.05 Å². The van der Waals surface area contributed by atoms with Crippen LogP contribution in [0, 0.1) is 5.92 Å². The Labute approximate surface area is 83.5 Å². The lowest BCUT2D eigenvalue weighted by Gasteiger charge is -2.09. The Hall–Kier alpha value is -1.29. The molecule has 2 N–H and O–H groups in total. The summed E-state index contributed by atoms with van der Waals surface area (Å²) in [6.45, 7) is 2.47. The average molecular weight is 196 g/mol. The lowest BCUT2D eigenvalue weighted by Crippen LogP contribution is -2.30. The molecule has 0 aliphatic carbocycles. The molecular weight excluding hydrogens is 180 g/mol. The van der Waals surface area contributed by atoms with E-state index in [0.29, 0.717) is 12.2 Å². The summed E-state index contributed by atoms with van der Waals surface area (Å²) < 4.78 is 1.76. The summed E-state index contributed by atoms with van der Waals surface area (Å²) in [6, 6.07) is 3.59. The van der Waals surface area contributed by atoms with Crippen molar-refractivity contribution in [2.45, 2.75) is 6.92 Å². The third-order valence-electron chi connectivity index (χ3n) is 2.10. The van der Waals surface area contributed by atoms with Gasteiger partial charge in [-0.25, -0.2) is 0 Å². The van der Waals surface area contributed by atoms with E-state index in [1.54, 1.807) is 10.6 Å². The summed E-state index contributed by atoms with van der Waals surface area (Å²) in [7, 11) is 1.82. The predicted octanol–water partition coefficient (Wildman–Crippen LogP) is 0.383. The fraction of sp³-hybridized carbons (Fsp3) is 0.500. The summed E-state index contributed by atoms with van der Waals surface area (Å²) in [4.78, 5) is 11.5. The Morgan fingerprint density at radius 1 is 1.71 bits per heavy atom. The first-order valence-corrected chi connectivity index (χ1v) is 4.65. The molecule has 1 aromatic rings. The maximum absolute atomic E-state index is 11.5. The average Bonchev–Trinajstić information content (AvgIpc) is 2.60. The van der Waals surface area contributed by atoms with E-state index < -0.39 is 0 Å². The van der Waals surface area contributed by atoms with Gasteiger partial charge in [0.2, 0.25) is 0 Å². The first-order chi connectivity index (χ1) is 6.65. The maximum Gasteiger partial charge on any atom is 0.267 e. The minimum absolute atomic E-state index is 0.0907. The highest BCUT2D eigenvalue weighted by Crippen LogP contribution is 1.99. The molecule has 4 nitrogen and oxygen atoms in total. The molecule has 1 unspecified atom stereocenters. The second-order valence-corrected chi connectivity index (χ2v) is 3.50. The zero-order chi connectivity index (χ0) is 10.6. The quantitative estimate of drug-likeness (QED) is 0.731. The number of aromatic nitrogens is 1. The van der Waals surface area contributed by atoms with Crippen molar-refractivity contribution in [3.05, 3.63) is 24.0 Å². The molecule has 0 saturated carbocycles. The van der Waals surface area contributed by atoms with Crippen molar-refractivity contribution in [1.29, 1.82) is 0 Å². The molecule has 4 heteroatoms. The van der Waals surface area contributed by atoms with Gasteiger partial charge < -0.3 is 15.0 Å². The minimum Gasteiger partial charge on any atom is -0.396 e. The van der Waals surface area contributed by atoms with Gasteiger partial charge >= 0.3 is 0 Å². The van der Waals surface area contributed by atoms with Crippen molar-refractivity contribution >= 4 is 5.91 Å². The lowest BCUT2D eigenvalue weighted by atomic mass is 10.2.